The molecule has 0 fully saturated rings. The van der Waals surface area contributed by atoms with E-state index < -0.39 is 5.41 Å². The van der Waals surface area contributed by atoms with Gasteiger partial charge in [-0.05, 0) is 87.8 Å². The van der Waals surface area contributed by atoms with Crippen LogP contribution in [0.5, 0.6) is 11.5 Å². The summed E-state index contributed by atoms with van der Waals surface area (Å²) in [5.41, 5.74) is 14.1. The van der Waals surface area contributed by atoms with Gasteiger partial charge in [-0.1, -0.05) is 157 Å². The lowest BCUT2D eigenvalue weighted by Gasteiger charge is -2.39. The van der Waals surface area contributed by atoms with Gasteiger partial charge in [-0.3, -0.25) is 0 Å². The van der Waals surface area contributed by atoms with Crippen LogP contribution in [-0.4, -0.2) is 15.0 Å². The van der Waals surface area contributed by atoms with E-state index in [0.717, 1.165) is 44.9 Å². The molecule has 1 aromatic heterocycles. The van der Waals surface area contributed by atoms with Gasteiger partial charge in [0.25, 0.3) is 0 Å². The molecule has 0 saturated carbocycles. The van der Waals surface area contributed by atoms with Crippen LogP contribution >= 0.6 is 0 Å². The van der Waals surface area contributed by atoms with Crippen LogP contribution in [0.25, 0.3) is 67.2 Å². The van der Waals surface area contributed by atoms with Crippen molar-refractivity contribution in [3.05, 3.63) is 209 Å². The van der Waals surface area contributed by atoms with Crippen LogP contribution < -0.4 is 4.74 Å². The normalized spacial score (nSPS) is 14.8. The lowest BCUT2D eigenvalue weighted by Crippen LogP contribution is -2.32. The Morgan fingerprint density at radius 3 is 1.84 bits per heavy atom. The van der Waals surface area contributed by atoms with Gasteiger partial charge in [0, 0.05) is 27.8 Å². The maximum absolute atomic E-state index is 6.65. The number of hydrogen-bond donors (Lipinski definition) is 0. The first-order valence-electron chi connectivity index (χ1n) is 19.1. The summed E-state index contributed by atoms with van der Waals surface area (Å²) < 4.78 is 6.65. The van der Waals surface area contributed by atoms with Crippen LogP contribution in [0, 0.1) is 13.8 Å². The number of aryl methyl sites for hydroxylation is 2. The van der Waals surface area contributed by atoms with E-state index >= 15 is 0 Å². The predicted octanol–water partition coefficient (Wildman–Crippen LogP) is 12.8. The second-order valence-corrected chi connectivity index (χ2v) is 14.9. The Labute approximate surface area is 325 Å². The van der Waals surface area contributed by atoms with Gasteiger partial charge in [0.15, 0.2) is 17.5 Å². The molecule has 0 bridgehead atoms. The number of benzene rings is 8. The third-order valence-corrected chi connectivity index (χ3v) is 11.6. The monoisotopic (exact) mass is 717 g/mol. The van der Waals surface area contributed by atoms with Crippen LogP contribution in [-0.2, 0) is 5.41 Å². The van der Waals surface area contributed by atoms with Gasteiger partial charge in [-0.25, -0.2) is 15.0 Å². The van der Waals surface area contributed by atoms with Crippen LogP contribution in [0.2, 0.25) is 0 Å². The first-order valence-corrected chi connectivity index (χ1v) is 19.1. The fourth-order valence-corrected chi connectivity index (χ4v) is 9.10. The van der Waals surface area contributed by atoms with Crippen LogP contribution in [0.4, 0.5) is 0 Å². The molecule has 0 radical (unpaired) electrons. The van der Waals surface area contributed by atoms with E-state index in [1.165, 1.54) is 49.7 Å². The molecule has 0 amide bonds. The summed E-state index contributed by atoms with van der Waals surface area (Å²) in [5, 5.41) is 2.45. The first-order chi connectivity index (χ1) is 27.6. The lowest BCUT2D eigenvalue weighted by atomic mass is 9.65. The summed E-state index contributed by atoms with van der Waals surface area (Å²) in [4.78, 5) is 15.6. The molecule has 8 aromatic carbocycles. The smallest absolute Gasteiger partial charge is 0.164 e. The second kappa shape index (κ2) is 12.4. The molecule has 264 valence electrons. The van der Waals surface area contributed by atoms with E-state index in [1.807, 2.05) is 18.2 Å². The molecule has 1 atom stereocenters. The van der Waals surface area contributed by atoms with E-state index in [9.17, 15) is 0 Å². The zero-order valence-corrected chi connectivity index (χ0v) is 31.0. The molecule has 1 unspecified atom stereocenters. The van der Waals surface area contributed by atoms with Crippen molar-refractivity contribution in [2.45, 2.75) is 19.3 Å². The minimum atomic E-state index is -0.599. The fraction of sp³-hybridized carbons (Fsp3) is 0.0577. The van der Waals surface area contributed by atoms with Gasteiger partial charge in [0.2, 0.25) is 0 Å². The molecular weight excluding hydrogens is 683 g/mol. The third kappa shape index (κ3) is 4.82. The number of nitrogens with zero attached hydrogens (tertiary/aromatic N) is 3. The fourth-order valence-electron chi connectivity index (χ4n) is 9.10. The van der Waals surface area contributed by atoms with Crippen molar-refractivity contribution in [1.29, 1.82) is 0 Å². The van der Waals surface area contributed by atoms with Gasteiger partial charge in [0.1, 0.15) is 11.5 Å². The van der Waals surface area contributed by atoms with E-state index in [0.29, 0.717) is 17.5 Å². The maximum Gasteiger partial charge on any atom is 0.164 e. The zero-order valence-electron chi connectivity index (χ0n) is 31.0. The molecule has 9 aromatic rings. The van der Waals surface area contributed by atoms with E-state index in [2.05, 4.69) is 172 Å². The van der Waals surface area contributed by atoms with Crippen LogP contribution in [0.3, 0.4) is 0 Å². The minimum absolute atomic E-state index is 0.599. The quantitative estimate of drug-likeness (QED) is 0.182. The number of ether oxygens (including phenoxy) is 1. The summed E-state index contributed by atoms with van der Waals surface area (Å²) in [6, 6.07) is 62.3. The largest absolute Gasteiger partial charge is 0.457 e. The van der Waals surface area contributed by atoms with Gasteiger partial charge in [0.05, 0.1) is 5.41 Å². The SMILES string of the molecule is Cc1ccc2c(c1)C1(c3ccccc3O2)c2ccccc2-c2c(C)cc(-c3nc(-c4ccccc4)nc(-c4ccc(-c5cccc6ccccc56)cc4)n3)cc21. The van der Waals surface area contributed by atoms with Crippen LogP contribution in [0.1, 0.15) is 33.4 Å². The topological polar surface area (TPSA) is 47.9 Å². The Morgan fingerprint density at radius 2 is 1.02 bits per heavy atom. The minimum Gasteiger partial charge on any atom is -0.457 e. The summed E-state index contributed by atoms with van der Waals surface area (Å²) >= 11 is 0. The van der Waals surface area contributed by atoms with Crippen molar-refractivity contribution >= 4 is 10.8 Å². The highest BCUT2D eigenvalue weighted by atomic mass is 16.5. The Bertz CT molecular complexity index is 3020. The van der Waals surface area contributed by atoms with Crippen molar-refractivity contribution in [2.24, 2.45) is 0 Å². The lowest BCUT2D eigenvalue weighted by molar-refractivity contribution is 0.436. The molecule has 2 heterocycles. The second-order valence-electron chi connectivity index (χ2n) is 14.9. The molecule has 1 aliphatic carbocycles. The number of fused-ring (bicyclic) bond motifs is 10. The summed E-state index contributed by atoms with van der Waals surface area (Å²) in [6.07, 6.45) is 0. The van der Waals surface area contributed by atoms with Crippen molar-refractivity contribution in [3.8, 4) is 67.9 Å². The Kier molecular flexibility index (Phi) is 7.17. The summed E-state index contributed by atoms with van der Waals surface area (Å²) in [7, 11) is 0. The number of hydrogen-bond acceptors (Lipinski definition) is 4. The predicted molar refractivity (Wildman–Crippen MR) is 226 cm³/mol. The van der Waals surface area contributed by atoms with Crippen molar-refractivity contribution in [1.82, 2.24) is 15.0 Å². The van der Waals surface area contributed by atoms with Crippen molar-refractivity contribution < 1.29 is 4.74 Å². The van der Waals surface area contributed by atoms with Gasteiger partial charge >= 0.3 is 0 Å². The number of rotatable bonds is 4. The van der Waals surface area contributed by atoms with Crippen LogP contribution in [0.15, 0.2) is 176 Å². The Morgan fingerprint density at radius 1 is 0.411 bits per heavy atom. The molecule has 1 spiro atoms. The molecule has 4 heteroatoms. The van der Waals surface area contributed by atoms with Crippen molar-refractivity contribution in [3.63, 3.8) is 0 Å². The summed E-state index contributed by atoms with van der Waals surface area (Å²) in [6.45, 7) is 4.37. The molecule has 0 saturated heterocycles. The molecule has 1 aliphatic heterocycles. The molecule has 2 aliphatic rings. The first kappa shape index (κ1) is 32.3. The maximum atomic E-state index is 6.65. The zero-order chi connectivity index (χ0) is 37.4. The number of para-hydroxylation sites is 1. The van der Waals surface area contributed by atoms with E-state index in [4.69, 9.17) is 19.7 Å². The van der Waals surface area contributed by atoms with E-state index in [-0.39, 0.29) is 0 Å². The highest BCUT2D eigenvalue weighted by molar-refractivity contribution is 5.97. The molecular formula is C52H35N3O. The molecule has 4 nitrogen and oxygen atoms in total. The molecule has 56 heavy (non-hydrogen) atoms. The van der Waals surface area contributed by atoms with E-state index in [1.54, 1.807) is 0 Å². The summed E-state index contributed by atoms with van der Waals surface area (Å²) in [5.74, 6) is 3.65. The average Bonchev–Trinajstić information content (AvgIpc) is 3.55. The average molecular weight is 718 g/mol. The molecule has 11 rings (SSSR count). The van der Waals surface area contributed by atoms with Gasteiger partial charge in [-0.2, -0.15) is 0 Å². The van der Waals surface area contributed by atoms with Crippen molar-refractivity contribution in [2.75, 3.05) is 0 Å². The third-order valence-electron chi connectivity index (χ3n) is 11.6. The Hall–Kier alpha value is -7.17. The van der Waals surface area contributed by atoms with Gasteiger partial charge < -0.3 is 4.74 Å². The molecule has 0 N–H and O–H groups in total. The number of aromatic nitrogens is 3. The standard InChI is InChI=1S/C52H35N3O/c1-32-23-28-47-44(29-32)52(43-21-10-11-22-46(43)56-47)42-20-9-8-18-41(42)48-33(2)30-38(31-45(48)52)51-54-49(36-14-4-3-5-15-36)53-50(55-51)37-26-24-35(25-27-37)40-19-12-16-34-13-6-7-17-39(34)40/h3-31H,1-2H3. The highest BCUT2D eigenvalue weighted by Crippen LogP contribution is 2.63. The highest BCUT2D eigenvalue weighted by Gasteiger charge is 2.51. The van der Waals surface area contributed by atoms with Gasteiger partial charge in [-0.15, -0.1) is 0 Å². The Balaban J connectivity index is 1.13.